The highest BCUT2D eigenvalue weighted by Crippen LogP contribution is 2.47. The van der Waals surface area contributed by atoms with Crippen LogP contribution in [0.2, 0.25) is 5.02 Å². The minimum Gasteiger partial charge on any atom is -0.275 e. The average molecular weight is 433 g/mol. The van der Waals surface area contributed by atoms with Crippen LogP contribution < -0.4 is 5.06 Å². The van der Waals surface area contributed by atoms with E-state index in [2.05, 4.69) is 0 Å². The van der Waals surface area contributed by atoms with Crippen LogP contribution in [0.15, 0.2) is 78.9 Å². The number of nitrogens with zero attached hydrogens (tertiary/aromatic N) is 2. The fourth-order valence-corrected chi connectivity index (χ4v) is 4.43. The van der Waals surface area contributed by atoms with Gasteiger partial charge in [-0.25, -0.2) is 5.06 Å². The summed E-state index contributed by atoms with van der Waals surface area (Å²) < 4.78 is 0. The number of carbonyl (C=O) groups excluding carboxylic acids is 2. The summed E-state index contributed by atoms with van der Waals surface area (Å²) in [4.78, 5) is 34.1. The van der Waals surface area contributed by atoms with Gasteiger partial charge >= 0.3 is 0 Å². The molecule has 0 N–H and O–H groups in total. The number of benzene rings is 3. The van der Waals surface area contributed by atoms with Gasteiger partial charge in [0.05, 0.1) is 18.3 Å². The molecule has 6 heteroatoms. The number of hydroxylamine groups is 1. The van der Waals surface area contributed by atoms with E-state index < -0.39 is 18.1 Å². The summed E-state index contributed by atoms with van der Waals surface area (Å²) in [6, 6.07) is 24.3. The molecule has 0 radical (unpaired) electrons. The Balaban J connectivity index is 1.52. The molecule has 0 spiro atoms. The number of rotatable bonds is 4. The molecule has 0 unspecified atom stereocenters. The van der Waals surface area contributed by atoms with Crippen LogP contribution in [-0.4, -0.2) is 22.8 Å². The van der Waals surface area contributed by atoms with Crippen LogP contribution in [0.3, 0.4) is 0 Å². The standard InChI is InChI=1S/C25H21ClN2O3/c1-16-7-13-20(14-8-16)28-22(18-9-11-19(26)12-10-18)21-23(31-28)25(30)27(24(21)29)15-17-5-3-2-4-6-17/h2-14,21-23H,15H2,1H3/t21-,22-,23+/m1/s1. The van der Waals surface area contributed by atoms with Crippen LogP contribution >= 0.6 is 11.6 Å². The minimum absolute atomic E-state index is 0.214. The van der Waals surface area contributed by atoms with E-state index in [1.807, 2.05) is 73.7 Å². The van der Waals surface area contributed by atoms with Gasteiger partial charge in [-0.05, 0) is 42.3 Å². The Bertz CT molecular complexity index is 1120. The van der Waals surface area contributed by atoms with E-state index in [4.69, 9.17) is 16.4 Å². The molecule has 2 aliphatic rings. The number of halogens is 1. The maximum atomic E-state index is 13.5. The van der Waals surface area contributed by atoms with Crippen LogP contribution in [0.1, 0.15) is 22.7 Å². The van der Waals surface area contributed by atoms with E-state index in [0.29, 0.717) is 5.02 Å². The predicted molar refractivity (Wildman–Crippen MR) is 118 cm³/mol. The van der Waals surface area contributed by atoms with Gasteiger partial charge in [0.1, 0.15) is 5.92 Å². The van der Waals surface area contributed by atoms with Crippen molar-refractivity contribution in [2.45, 2.75) is 25.6 Å². The zero-order valence-corrected chi connectivity index (χ0v) is 17.7. The van der Waals surface area contributed by atoms with Crippen LogP contribution in [-0.2, 0) is 21.0 Å². The van der Waals surface area contributed by atoms with Crippen LogP contribution in [0.5, 0.6) is 0 Å². The fourth-order valence-electron chi connectivity index (χ4n) is 4.31. The van der Waals surface area contributed by atoms with Crippen molar-refractivity contribution in [2.75, 3.05) is 5.06 Å². The largest absolute Gasteiger partial charge is 0.275 e. The first kappa shape index (κ1) is 19.8. The molecular formula is C25H21ClN2O3. The van der Waals surface area contributed by atoms with E-state index in [1.54, 1.807) is 17.2 Å². The Morgan fingerprint density at radius 1 is 0.871 bits per heavy atom. The van der Waals surface area contributed by atoms with Gasteiger partial charge in [0.15, 0.2) is 6.10 Å². The molecule has 0 saturated carbocycles. The quantitative estimate of drug-likeness (QED) is 0.561. The lowest BCUT2D eigenvalue weighted by atomic mass is 9.90. The van der Waals surface area contributed by atoms with Crippen molar-refractivity contribution in [3.8, 4) is 0 Å². The molecule has 3 aromatic carbocycles. The number of aryl methyl sites for hydroxylation is 1. The number of hydrogen-bond donors (Lipinski definition) is 0. The number of anilines is 1. The summed E-state index contributed by atoms with van der Waals surface area (Å²) in [5.74, 6) is -1.14. The molecule has 3 atom stereocenters. The first-order valence-corrected chi connectivity index (χ1v) is 10.6. The fraction of sp³-hybridized carbons (Fsp3) is 0.200. The first-order valence-electron chi connectivity index (χ1n) is 10.2. The lowest BCUT2D eigenvalue weighted by Gasteiger charge is -2.29. The van der Waals surface area contributed by atoms with Crippen LogP contribution in [0.4, 0.5) is 5.69 Å². The average Bonchev–Trinajstić information content (AvgIpc) is 3.28. The molecule has 0 aliphatic carbocycles. The number of carbonyl (C=O) groups is 2. The van der Waals surface area contributed by atoms with E-state index in [1.165, 1.54) is 4.90 Å². The Kier molecular flexibility index (Phi) is 5.00. The van der Waals surface area contributed by atoms with E-state index >= 15 is 0 Å². The van der Waals surface area contributed by atoms with E-state index in [-0.39, 0.29) is 18.4 Å². The van der Waals surface area contributed by atoms with Crippen molar-refractivity contribution in [2.24, 2.45) is 5.92 Å². The summed E-state index contributed by atoms with van der Waals surface area (Å²) in [6.07, 6.45) is -0.849. The van der Waals surface area contributed by atoms with Crippen molar-refractivity contribution in [3.05, 3.63) is 101 Å². The normalized spacial score (nSPS) is 22.8. The van der Waals surface area contributed by atoms with Crippen LogP contribution in [0, 0.1) is 12.8 Å². The van der Waals surface area contributed by atoms with Crippen molar-refractivity contribution in [3.63, 3.8) is 0 Å². The topological polar surface area (TPSA) is 49.9 Å². The van der Waals surface area contributed by atoms with Crippen molar-refractivity contribution >= 4 is 29.1 Å². The lowest BCUT2D eigenvalue weighted by molar-refractivity contribution is -0.143. The van der Waals surface area contributed by atoms with Gasteiger partial charge in [-0.2, -0.15) is 0 Å². The van der Waals surface area contributed by atoms with Crippen molar-refractivity contribution in [1.82, 2.24) is 4.90 Å². The molecule has 156 valence electrons. The lowest BCUT2D eigenvalue weighted by Crippen LogP contribution is -2.36. The van der Waals surface area contributed by atoms with Gasteiger partial charge in [0, 0.05) is 5.02 Å². The monoisotopic (exact) mass is 432 g/mol. The number of imide groups is 1. The molecule has 5 nitrogen and oxygen atoms in total. The van der Waals surface area contributed by atoms with Gasteiger partial charge in [-0.1, -0.05) is 71.8 Å². The Hall–Kier alpha value is -3.15. The summed E-state index contributed by atoms with van der Waals surface area (Å²) >= 11 is 6.09. The first-order chi connectivity index (χ1) is 15.0. The number of likely N-dealkylation sites (tertiary alicyclic amines) is 1. The van der Waals surface area contributed by atoms with E-state index in [0.717, 1.165) is 22.4 Å². The molecular weight excluding hydrogens is 412 g/mol. The SMILES string of the molecule is Cc1ccc(N2O[C@@H]3C(=O)N(Cc4ccccc4)C(=O)[C@@H]3[C@H]2c2ccc(Cl)cc2)cc1. The molecule has 3 aromatic rings. The highest BCUT2D eigenvalue weighted by atomic mass is 35.5. The summed E-state index contributed by atoms with van der Waals surface area (Å²) in [7, 11) is 0. The molecule has 2 amide bonds. The van der Waals surface area contributed by atoms with Gasteiger partial charge in [0.2, 0.25) is 5.91 Å². The van der Waals surface area contributed by atoms with E-state index in [9.17, 15) is 9.59 Å². The molecule has 31 heavy (non-hydrogen) atoms. The summed E-state index contributed by atoms with van der Waals surface area (Å²) in [5, 5.41) is 2.31. The predicted octanol–water partition coefficient (Wildman–Crippen LogP) is 4.70. The van der Waals surface area contributed by atoms with Gasteiger partial charge in [0.25, 0.3) is 5.91 Å². The molecule has 0 aromatic heterocycles. The second-order valence-electron chi connectivity index (χ2n) is 7.96. The third-order valence-corrected chi connectivity index (χ3v) is 6.14. The van der Waals surface area contributed by atoms with Crippen molar-refractivity contribution in [1.29, 1.82) is 0 Å². The Labute approximate surface area is 185 Å². The third kappa shape index (κ3) is 3.50. The molecule has 2 aliphatic heterocycles. The summed E-state index contributed by atoms with van der Waals surface area (Å²) in [5.41, 5.74) is 3.70. The van der Waals surface area contributed by atoms with Crippen LogP contribution in [0.25, 0.3) is 0 Å². The second kappa shape index (κ2) is 7.84. The molecule has 0 bridgehead atoms. The number of fused-ring (bicyclic) bond motifs is 1. The third-order valence-electron chi connectivity index (χ3n) is 5.89. The summed E-state index contributed by atoms with van der Waals surface area (Å²) in [6.45, 7) is 2.25. The molecule has 2 heterocycles. The number of amides is 2. The highest BCUT2D eigenvalue weighted by Gasteiger charge is 2.59. The minimum atomic E-state index is -0.849. The zero-order valence-electron chi connectivity index (χ0n) is 16.9. The smallest absolute Gasteiger partial charge is 0.262 e. The molecule has 2 fully saturated rings. The van der Waals surface area contributed by atoms with Gasteiger partial charge in [-0.15, -0.1) is 0 Å². The zero-order chi connectivity index (χ0) is 21.5. The van der Waals surface area contributed by atoms with Gasteiger partial charge in [-0.3, -0.25) is 19.3 Å². The maximum Gasteiger partial charge on any atom is 0.262 e. The Morgan fingerprint density at radius 3 is 2.23 bits per heavy atom. The Morgan fingerprint density at radius 2 is 1.55 bits per heavy atom. The maximum absolute atomic E-state index is 13.5. The highest BCUT2D eigenvalue weighted by molar-refractivity contribution is 6.30. The molecule has 2 saturated heterocycles. The second-order valence-corrected chi connectivity index (χ2v) is 8.39. The van der Waals surface area contributed by atoms with Crippen molar-refractivity contribution < 1.29 is 14.4 Å². The molecule has 5 rings (SSSR count). The number of hydrogen-bond acceptors (Lipinski definition) is 4. The van der Waals surface area contributed by atoms with Gasteiger partial charge < -0.3 is 0 Å².